The van der Waals surface area contributed by atoms with Gasteiger partial charge in [0, 0.05) is 12.6 Å². The van der Waals surface area contributed by atoms with Crippen LogP contribution in [0.1, 0.15) is 42.8 Å². The summed E-state index contributed by atoms with van der Waals surface area (Å²) in [5, 5.41) is 22.4. The van der Waals surface area contributed by atoms with Crippen LogP contribution in [0.3, 0.4) is 0 Å². The highest BCUT2D eigenvalue weighted by atomic mass is 32.1. The molecular weight excluding hydrogens is 362 g/mol. The van der Waals surface area contributed by atoms with E-state index >= 15 is 0 Å². The Morgan fingerprint density at radius 1 is 1.42 bits per heavy atom. The molecule has 1 aromatic rings. The van der Waals surface area contributed by atoms with Crippen LogP contribution in [-0.4, -0.2) is 51.3 Å². The fourth-order valence-corrected chi connectivity index (χ4v) is 3.70. The Morgan fingerprint density at radius 2 is 2.12 bits per heavy atom. The number of likely N-dealkylation sites (tertiary alicyclic amines) is 1. The number of carboxylic acids is 1. The molecule has 0 spiro atoms. The van der Waals surface area contributed by atoms with Crippen LogP contribution >= 0.6 is 11.3 Å². The second-order valence-electron chi connectivity index (χ2n) is 6.58. The number of thiophene rings is 1. The van der Waals surface area contributed by atoms with Crippen molar-refractivity contribution >= 4 is 34.1 Å². The third kappa shape index (κ3) is 4.57. The zero-order valence-electron chi connectivity index (χ0n) is 14.5. The van der Waals surface area contributed by atoms with Crippen LogP contribution in [0, 0.1) is 16.0 Å². The minimum absolute atomic E-state index is 0.0874. The van der Waals surface area contributed by atoms with Crippen molar-refractivity contribution < 1.29 is 24.4 Å². The van der Waals surface area contributed by atoms with E-state index in [9.17, 15) is 29.6 Å². The van der Waals surface area contributed by atoms with Crippen LogP contribution in [0.4, 0.5) is 5.00 Å². The second kappa shape index (κ2) is 8.26. The molecular formula is C16H21N3O6S. The fourth-order valence-electron chi connectivity index (χ4n) is 2.93. The van der Waals surface area contributed by atoms with Gasteiger partial charge in [-0.2, -0.15) is 0 Å². The molecule has 1 saturated heterocycles. The maximum Gasteiger partial charge on any atom is 0.326 e. The van der Waals surface area contributed by atoms with Crippen LogP contribution in [0.5, 0.6) is 0 Å². The third-order valence-electron chi connectivity index (χ3n) is 4.12. The molecule has 2 rings (SSSR count). The van der Waals surface area contributed by atoms with Gasteiger partial charge in [-0.1, -0.05) is 25.2 Å². The number of hydrogen-bond acceptors (Lipinski definition) is 6. The molecule has 9 nitrogen and oxygen atoms in total. The summed E-state index contributed by atoms with van der Waals surface area (Å²) in [5.74, 6) is -1.98. The van der Waals surface area contributed by atoms with E-state index in [0.717, 1.165) is 11.3 Å². The number of aliphatic carboxylic acids is 1. The van der Waals surface area contributed by atoms with E-state index in [4.69, 9.17) is 0 Å². The van der Waals surface area contributed by atoms with Crippen molar-refractivity contribution in [3.63, 3.8) is 0 Å². The number of nitrogens with one attached hydrogen (secondary N) is 1. The minimum Gasteiger partial charge on any atom is -0.480 e. The molecule has 2 amide bonds. The summed E-state index contributed by atoms with van der Waals surface area (Å²) in [4.78, 5) is 48.2. The topological polar surface area (TPSA) is 130 Å². The number of carbonyl (C=O) groups is 3. The summed E-state index contributed by atoms with van der Waals surface area (Å²) >= 11 is 0.761. The van der Waals surface area contributed by atoms with Gasteiger partial charge < -0.3 is 15.3 Å². The first-order valence-corrected chi connectivity index (χ1v) is 9.10. The number of amides is 2. The van der Waals surface area contributed by atoms with Crippen LogP contribution in [0.2, 0.25) is 0 Å². The van der Waals surface area contributed by atoms with E-state index in [1.165, 1.54) is 17.0 Å². The molecule has 10 heteroatoms. The number of carbonyl (C=O) groups excluding carboxylic acids is 2. The molecule has 0 saturated carbocycles. The first kappa shape index (κ1) is 19.8. The van der Waals surface area contributed by atoms with Crippen molar-refractivity contribution in [2.45, 2.75) is 45.2 Å². The number of rotatable bonds is 7. The zero-order valence-corrected chi connectivity index (χ0v) is 15.3. The van der Waals surface area contributed by atoms with E-state index in [1.807, 2.05) is 13.8 Å². The molecule has 1 unspecified atom stereocenters. The normalized spacial score (nSPS) is 18.0. The number of nitro groups is 1. The smallest absolute Gasteiger partial charge is 0.326 e. The Bertz CT molecular complexity index is 717. The SMILES string of the molecule is CC(C)C[C@@H](NC(=O)C1CCCN1C(=O)c1ccc([N+](=O)[O-])s1)C(=O)O. The van der Waals surface area contributed by atoms with Gasteiger partial charge in [0.15, 0.2) is 0 Å². The molecule has 1 aromatic heterocycles. The summed E-state index contributed by atoms with van der Waals surface area (Å²) in [5.41, 5.74) is 0. The summed E-state index contributed by atoms with van der Waals surface area (Å²) in [6.45, 7) is 4.07. The molecule has 0 aliphatic carbocycles. The van der Waals surface area contributed by atoms with Crippen molar-refractivity contribution in [2.24, 2.45) is 5.92 Å². The van der Waals surface area contributed by atoms with Crippen molar-refractivity contribution in [3.05, 3.63) is 27.1 Å². The van der Waals surface area contributed by atoms with E-state index < -0.39 is 34.8 Å². The fraction of sp³-hybridized carbons (Fsp3) is 0.562. The average molecular weight is 383 g/mol. The number of carboxylic acid groups (broad SMARTS) is 1. The Labute approximate surface area is 154 Å². The number of nitrogens with zero attached hydrogens (tertiary/aromatic N) is 2. The van der Waals surface area contributed by atoms with Crippen molar-refractivity contribution in [1.29, 1.82) is 0 Å². The molecule has 0 bridgehead atoms. The first-order valence-electron chi connectivity index (χ1n) is 8.29. The predicted octanol–water partition coefficient (Wildman–Crippen LogP) is 1.88. The third-order valence-corrected chi connectivity index (χ3v) is 5.15. The van der Waals surface area contributed by atoms with Crippen LogP contribution < -0.4 is 5.32 Å². The lowest BCUT2D eigenvalue weighted by Crippen LogP contribution is -2.51. The maximum absolute atomic E-state index is 12.6. The lowest BCUT2D eigenvalue weighted by molar-refractivity contribution is -0.380. The predicted molar refractivity (Wildman–Crippen MR) is 94.1 cm³/mol. The monoisotopic (exact) mass is 383 g/mol. The van der Waals surface area contributed by atoms with Crippen LogP contribution in [0.15, 0.2) is 12.1 Å². The first-order chi connectivity index (χ1) is 12.2. The molecule has 2 atom stereocenters. The highest BCUT2D eigenvalue weighted by molar-refractivity contribution is 7.17. The van der Waals surface area contributed by atoms with Crippen LogP contribution in [-0.2, 0) is 9.59 Å². The summed E-state index contributed by atoms with van der Waals surface area (Å²) < 4.78 is 0. The molecule has 0 radical (unpaired) electrons. The Kier molecular flexibility index (Phi) is 6.30. The summed E-state index contributed by atoms with van der Waals surface area (Å²) in [7, 11) is 0. The lowest BCUT2D eigenvalue weighted by atomic mass is 10.0. The molecule has 1 aliphatic heterocycles. The van der Waals surface area contributed by atoms with Crippen molar-refractivity contribution in [2.75, 3.05) is 6.54 Å². The van der Waals surface area contributed by atoms with Gasteiger partial charge in [0.25, 0.3) is 5.91 Å². The number of hydrogen-bond donors (Lipinski definition) is 2. The van der Waals surface area contributed by atoms with Gasteiger partial charge in [-0.15, -0.1) is 0 Å². The minimum atomic E-state index is -1.11. The van der Waals surface area contributed by atoms with Gasteiger partial charge in [-0.05, 0) is 31.2 Å². The lowest BCUT2D eigenvalue weighted by Gasteiger charge is -2.25. The average Bonchev–Trinajstić information content (AvgIpc) is 3.22. The molecule has 2 N–H and O–H groups in total. The van der Waals surface area contributed by atoms with Crippen molar-refractivity contribution in [1.82, 2.24) is 10.2 Å². The quantitative estimate of drug-likeness (QED) is 0.546. The Hall–Kier alpha value is -2.49. The Morgan fingerprint density at radius 3 is 2.65 bits per heavy atom. The zero-order chi connectivity index (χ0) is 19.4. The van der Waals surface area contributed by atoms with Gasteiger partial charge in [-0.25, -0.2) is 4.79 Å². The largest absolute Gasteiger partial charge is 0.480 e. The van der Waals surface area contributed by atoms with Gasteiger partial charge in [0.05, 0.1) is 9.80 Å². The van der Waals surface area contributed by atoms with E-state index in [2.05, 4.69) is 5.32 Å². The van der Waals surface area contributed by atoms with Gasteiger partial charge in [-0.3, -0.25) is 19.7 Å². The standard InChI is InChI=1S/C16H21N3O6S/c1-9(2)8-10(16(22)23)17-14(20)11-4-3-7-18(11)15(21)12-5-6-13(26-12)19(24)25/h5-6,9-11H,3-4,7-8H2,1-2H3,(H,17,20)(H,22,23)/t10-,11?/m1/s1. The molecule has 2 heterocycles. The summed E-state index contributed by atoms with van der Waals surface area (Å²) in [6.07, 6.45) is 1.33. The van der Waals surface area contributed by atoms with E-state index in [1.54, 1.807) is 0 Å². The maximum atomic E-state index is 12.6. The van der Waals surface area contributed by atoms with Gasteiger partial charge in [0.1, 0.15) is 12.1 Å². The van der Waals surface area contributed by atoms with E-state index in [0.29, 0.717) is 25.8 Å². The highest BCUT2D eigenvalue weighted by Gasteiger charge is 2.37. The molecule has 142 valence electrons. The second-order valence-corrected chi connectivity index (χ2v) is 7.64. The highest BCUT2D eigenvalue weighted by Crippen LogP contribution is 2.28. The van der Waals surface area contributed by atoms with Crippen LogP contribution in [0.25, 0.3) is 0 Å². The molecule has 1 fully saturated rings. The van der Waals surface area contributed by atoms with E-state index in [-0.39, 0.29) is 15.8 Å². The van der Waals surface area contributed by atoms with Gasteiger partial charge in [0.2, 0.25) is 5.91 Å². The molecule has 0 aromatic carbocycles. The summed E-state index contributed by atoms with van der Waals surface area (Å²) in [6, 6.07) is 0.851. The Balaban J connectivity index is 2.10. The van der Waals surface area contributed by atoms with Gasteiger partial charge >= 0.3 is 11.0 Å². The molecule has 1 aliphatic rings. The van der Waals surface area contributed by atoms with Crippen molar-refractivity contribution in [3.8, 4) is 0 Å². The molecule has 26 heavy (non-hydrogen) atoms.